The number of rotatable bonds is 3. The second-order valence-electron chi connectivity index (χ2n) is 3.22. The summed E-state index contributed by atoms with van der Waals surface area (Å²) in [5, 5.41) is 13.0. The van der Waals surface area contributed by atoms with Crippen molar-refractivity contribution in [3.8, 4) is 0 Å². The van der Waals surface area contributed by atoms with Gasteiger partial charge in [0.1, 0.15) is 0 Å². The smallest absolute Gasteiger partial charge is 0.263 e. The van der Waals surface area contributed by atoms with Crippen molar-refractivity contribution >= 4 is 0 Å². The SMILES string of the molecule is NC(c1cccc(C(F)F)c1)c1nn[nH]n1. The highest BCUT2D eigenvalue weighted by molar-refractivity contribution is 5.29. The van der Waals surface area contributed by atoms with Crippen LogP contribution in [0.3, 0.4) is 0 Å². The van der Waals surface area contributed by atoms with Crippen LogP contribution < -0.4 is 5.73 Å². The summed E-state index contributed by atoms with van der Waals surface area (Å²) < 4.78 is 24.9. The molecule has 5 nitrogen and oxygen atoms in total. The third-order valence-corrected chi connectivity index (χ3v) is 2.16. The molecule has 1 aromatic carbocycles. The van der Waals surface area contributed by atoms with Crippen molar-refractivity contribution < 1.29 is 8.78 Å². The van der Waals surface area contributed by atoms with Gasteiger partial charge in [-0.05, 0) is 11.6 Å². The number of benzene rings is 1. The Bertz CT molecular complexity index is 457. The first kappa shape index (κ1) is 10.6. The van der Waals surface area contributed by atoms with E-state index in [1.54, 1.807) is 6.07 Å². The number of nitrogens with zero attached hydrogens (tertiary/aromatic N) is 3. The minimum Gasteiger partial charge on any atom is -0.318 e. The van der Waals surface area contributed by atoms with Crippen LogP contribution in [0.4, 0.5) is 8.78 Å². The zero-order chi connectivity index (χ0) is 11.5. The average molecular weight is 225 g/mol. The summed E-state index contributed by atoms with van der Waals surface area (Å²) in [5.74, 6) is 0.270. The number of hydrogen-bond acceptors (Lipinski definition) is 4. The molecule has 2 aromatic rings. The first-order valence-corrected chi connectivity index (χ1v) is 4.55. The molecule has 3 N–H and O–H groups in total. The van der Waals surface area contributed by atoms with Gasteiger partial charge in [-0.1, -0.05) is 23.4 Å². The molecular weight excluding hydrogens is 216 g/mol. The summed E-state index contributed by atoms with van der Waals surface area (Å²) >= 11 is 0. The molecule has 0 radical (unpaired) electrons. The maximum absolute atomic E-state index is 12.5. The first-order valence-electron chi connectivity index (χ1n) is 4.55. The molecule has 1 heterocycles. The maximum atomic E-state index is 12.5. The molecule has 1 unspecified atom stereocenters. The minimum absolute atomic E-state index is 0.0727. The van der Waals surface area contributed by atoms with Crippen LogP contribution in [0.25, 0.3) is 0 Å². The highest BCUT2D eigenvalue weighted by Crippen LogP contribution is 2.23. The van der Waals surface area contributed by atoms with E-state index >= 15 is 0 Å². The molecular formula is C9H9F2N5. The molecule has 2 rings (SSSR count). The first-order chi connectivity index (χ1) is 7.68. The van der Waals surface area contributed by atoms with Gasteiger partial charge in [-0.15, -0.1) is 10.2 Å². The Balaban J connectivity index is 2.30. The molecule has 0 aliphatic heterocycles. The second-order valence-corrected chi connectivity index (χ2v) is 3.22. The number of nitrogens with two attached hydrogens (primary N) is 1. The zero-order valence-electron chi connectivity index (χ0n) is 8.14. The second kappa shape index (κ2) is 4.31. The van der Waals surface area contributed by atoms with Crippen LogP contribution in [0.15, 0.2) is 24.3 Å². The largest absolute Gasteiger partial charge is 0.318 e. The van der Waals surface area contributed by atoms with Crippen LogP contribution in [0.5, 0.6) is 0 Å². The molecule has 0 spiro atoms. The Kier molecular flexibility index (Phi) is 2.86. The van der Waals surface area contributed by atoms with Crippen molar-refractivity contribution in [1.82, 2.24) is 20.6 Å². The van der Waals surface area contributed by atoms with Crippen molar-refractivity contribution in [2.24, 2.45) is 5.73 Å². The molecule has 16 heavy (non-hydrogen) atoms. The summed E-state index contributed by atoms with van der Waals surface area (Å²) in [7, 11) is 0. The lowest BCUT2D eigenvalue weighted by molar-refractivity contribution is 0.151. The van der Waals surface area contributed by atoms with Crippen LogP contribution in [-0.2, 0) is 0 Å². The number of alkyl halides is 2. The normalized spacial score (nSPS) is 13.0. The van der Waals surface area contributed by atoms with E-state index in [0.717, 1.165) is 0 Å². The van der Waals surface area contributed by atoms with E-state index in [2.05, 4.69) is 20.6 Å². The van der Waals surface area contributed by atoms with Crippen molar-refractivity contribution in [3.05, 3.63) is 41.2 Å². The summed E-state index contributed by atoms with van der Waals surface area (Å²) in [4.78, 5) is 0. The molecule has 1 aromatic heterocycles. The lowest BCUT2D eigenvalue weighted by Gasteiger charge is -2.08. The third kappa shape index (κ3) is 2.03. The summed E-state index contributed by atoms with van der Waals surface area (Å²) in [5.41, 5.74) is 6.25. The fourth-order valence-corrected chi connectivity index (χ4v) is 1.34. The molecule has 0 amide bonds. The predicted molar refractivity (Wildman–Crippen MR) is 51.6 cm³/mol. The van der Waals surface area contributed by atoms with E-state index in [1.165, 1.54) is 18.2 Å². The molecule has 7 heteroatoms. The molecule has 1 atom stereocenters. The fourth-order valence-electron chi connectivity index (χ4n) is 1.34. The van der Waals surface area contributed by atoms with Crippen LogP contribution in [0, 0.1) is 0 Å². The van der Waals surface area contributed by atoms with Gasteiger partial charge in [-0.3, -0.25) is 0 Å². The molecule has 0 saturated heterocycles. The maximum Gasteiger partial charge on any atom is 0.263 e. The number of tetrazole rings is 1. The van der Waals surface area contributed by atoms with Crippen LogP contribution in [0.2, 0.25) is 0 Å². The highest BCUT2D eigenvalue weighted by atomic mass is 19.3. The highest BCUT2D eigenvalue weighted by Gasteiger charge is 2.15. The number of aromatic nitrogens is 4. The standard InChI is InChI=1S/C9H9F2N5/c10-8(11)6-3-1-2-5(4-6)7(12)9-13-15-16-14-9/h1-4,7-8H,12H2,(H,13,14,15,16). The summed E-state index contributed by atoms with van der Waals surface area (Å²) in [6.45, 7) is 0. The molecule has 84 valence electrons. The van der Waals surface area contributed by atoms with Crippen molar-refractivity contribution in [2.45, 2.75) is 12.5 Å². The molecule has 0 bridgehead atoms. The lowest BCUT2D eigenvalue weighted by Crippen LogP contribution is -2.14. The van der Waals surface area contributed by atoms with Crippen molar-refractivity contribution in [3.63, 3.8) is 0 Å². The Hall–Kier alpha value is -1.89. The topological polar surface area (TPSA) is 80.5 Å². The average Bonchev–Trinajstić information content (AvgIpc) is 2.81. The summed E-state index contributed by atoms with van der Waals surface area (Å²) in [6, 6.07) is 5.20. The van der Waals surface area contributed by atoms with Crippen LogP contribution >= 0.6 is 0 Å². The van der Waals surface area contributed by atoms with E-state index < -0.39 is 12.5 Å². The molecule has 0 fully saturated rings. The fraction of sp³-hybridized carbons (Fsp3) is 0.222. The number of halogens is 2. The summed E-state index contributed by atoms with van der Waals surface area (Å²) in [6.07, 6.45) is -2.52. The van der Waals surface area contributed by atoms with E-state index in [1.807, 2.05) is 0 Å². The van der Waals surface area contributed by atoms with E-state index in [9.17, 15) is 8.78 Å². The van der Waals surface area contributed by atoms with Crippen LogP contribution in [-0.4, -0.2) is 20.6 Å². The minimum atomic E-state index is -2.52. The number of aromatic amines is 1. The van der Waals surface area contributed by atoms with E-state index in [0.29, 0.717) is 5.56 Å². The monoisotopic (exact) mass is 225 g/mol. The quantitative estimate of drug-likeness (QED) is 0.822. The molecule has 0 saturated carbocycles. The molecule has 0 aliphatic rings. The van der Waals surface area contributed by atoms with Crippen molar-refractivity contribution in [2.75, 3.05) is 0 Å². The Morgan fingerprint density at radius 2 is 2.00 bits per heavy atom. The van der Waals surface area contributed by atoms with Gasteiger partial charge in [-0.25, -0.2) is 8.78 Å². The zero-order valence-corrected chi connectivity index (χ0v) is 8.14. The van der Waals surface area contributed by atoms with Gasteiger partial charge in [-0.2, -0.15) is 5.21 Å². The van der Waals surface area contributed by atoms with Gasteiger partial charge < -0.3 is 5.73 Å². The van der Waals surface area contributed by atoms with Gasteiger partial charge in [0.15, 0.2) is 5.82 Å². The van der Waals surface area contributed by atoms with Gasteiger partial charge in [0.05, 0.1) is 6.04 Å². The van der Waals surface area contributed by atoms with Gasteiger partial charge in [0, 0.05) is 5.56 Å². The Morgan fingerprint density at radius 1 is 1.25 bits per heavy atom. The molecule has 0 aliphatic carbocycles. The van der Waals surface area contributed by atoms with E-state index in [4.69, 9.17) is 5.73 Å². The number of nitrogens with one attached hydrogen (secondary N) is 1. The van der Waals surface area contributed by atoms with Crippen molar-refractivity contribution in [1.29, 1.82) is 0 Å². The Labute approximate surface area is 89.7 Å². The van der Waals surface area contributed by atoms with Gasteiger partial charge in [0.2, 0.25) is 0 Å². The number of H-pyrrole nitrogens is 1. The third-order valence-electron chi connectivity index (χ3n) is 2.16. The van der Waals surface area contributed by atoms with Crippen LogP contribution in [0.1, 0.15) is 29.4 Å². The van der Waals surface area contributed by atoms with Gasteiger partial charge in [0.25, 0.3) is 6.43 Å². The lowest BCUT2D eigenvalue weighted by atomic mass is 10.0. The number of hydrogen-bond donors (Lipinski definition) is 2. The Morgan fingerprint density at radius 3 is 2.62 bits per heavy atom. The van der Waals surface area contributed by atoms with Gasteiger partial charge >= 0.3 is 0 Å². The predicted octanol–water partition coefficient (Wildman–Crippen LogP) is 1.19. The van der Waals surface area contributed by atoms with E-state index in [-0.39, 0.29) is 11.4 Å².